The minimum absolute atomic E-state index is 0.0720. The summed E-state index contributed by atoms with van der Waals surface area (Å²) in [6.45, 7) is 1.98. The molecule has 9 heteroatoms. The van der Waals surface area contributed by atoms with Gasteiger partial charge in [0, 0.05) is 5.56 Å². The van der Waals surface area contributed by atoms with E-state index in [1.807, 2.05) is 30.3 Å². The highest BCUT2D eigenvalue weighted by molar-refractivity contribution is 7.14. The van der Waals surface area contributed by atoms with E-state index in [1.54, 1.807) is 6.92 Å². The predicted molar refractivity (Wildman–Crippen MR) is 88.3 cm³/mol. The van der Waals surface area contributed by atoms with Gasteiger partial charge in [-0.05, 0) is 6.92 Å². The molecule has 0 fully saturated rings. The van der Waals surface area contributed by atoms with E-state index in [2.05, 4.69) is 25.8 Å². The third-order valence-electron chi connectivity index (χ3n) is 3.35. The molecule has 3 rings (SSSR count). The summed E-state index contributed by atoms with van der Waals surface area (Å²) in [5.41, 5.74) is 1.19. The van der Waals surface area contributed by atoms with E-state index >= 15 is 0 Å². The molecule has 0 spiro atoms. The Morgan fingerprint density at radius 2 is 2.08 bits per heavy atom. The number of amides is 1. The number of hydrogen-bond donors (Lipinski definition) is 2. The Morgan fingerprint density at radius 3 is 2.83 bits per heavy atom. The summed E-state index contributed by atoms with van der Waals surface area (Å²) in [7, 11) is 0. The molecule has 24 heavy (non-hydrogen) atoms. The smallest absolute Gasteiger partial charge is 0.273 e. The quantitative estimate of drug-likeness (QED) is 0.698. The van der Waals surface area contributed by atoms with Gasteiger partial charge in [0.25, 0.3) is 5.91 Å². The van der Waals surface area contributed by atoms with Crippen LogP contribution >= 0.6 is 11.3 Å². The Balaban J connectivity index is 1.61. The Morgan fingerprint density at radius 1 is 1.29 bits per heavy atom. The fourth-order valence-electron chi connectivity index (χ4n) is 1.95. The standard InChI is InChI=1S/C15H16N6O2S/c1-10(9-22)21-8-12(17-20-21)14(23)16-7-13-18-19-15(24-13)11-5-3-2-4-6-11/h2-6,8,10,22H,7,9H2,1H3,(H,16,23). The first-order valence-electron chi connectivity index (χ1n) is 7.36. The second-order valence-electron chi connectivity index (χ2n) is 5.17. The van der Waals surface area contributed by atoms with Crippen LogP contribution in [0.4, 0.5) is 0 Å². The molecule has 0 bridgehead atoms. The molecule has 0 radical (unpaired) electrons. The maximum Gasteiger partial charge on any atom is 0.273 e. The number of aliphatic hydroxyl groups is 1. The summed E-state index contributed by atoms with van der Waals surface area (Å²) >= 11 is 1.43. The van der Waals surface area contributed by atoms with Gasteiger partial charge >= 0.3 is 0 Å². The second kappa shape index (κ2) is 7.28. The van der Waals surface area contributed by atoms with E-state index in [9.17, 15) is 4.79 Å². The number of aliphatic hydroxyl groups excluding tert-OH is 1. The predicted octanol–water partition coefficient (Wildman–Crippen LogP) is 1.28. The third kappa shape index (κ3) is 3.63. The van der Waals surface area contributed by atoms with Gasteiger partial charge in [0.2, 0.25) is 0 Å². The molecule has 2 heterocycles. The maximum atomic E-state index is 12.1. The number of benzene rings is 1. The number of carbonyl (C=O) groups excluding carboxylic acids is 1. The Kier molecular flexibility index (Phi) is 4.92. The lowest BCUT2D eigenvalue weighted by Gasteiger charge is -2.05. The van der Waals surface area contributed by atoms with Gasteiger partial charge in [-0.2, -0.15) is 0 Å². The van der Waals surface area contributed by atoms with Crippen molar-refractivity contribution in [2.45, 2.75) is 19.5 Å². The monoisotopic (exact) mass is 344 g/mol. The van der Waals surface area contributed by atoms with Crippen molar-refractivity contribution in [2.24, 2.45) is 0 Å². The van der Waals surface area contributed by atoms with Crippen molar-refractivity contribution in [3.8, 4) is 10.6 Å². The average Bonchev–Trinajstić information content (AvgIpc) is 3.29. The Bertz CT molecular complexity index is 816. The summed E-state index contributed by atoms with van der Waals surface area (Å²) in [4.78, 5) is 12.1. The molecule has 3 aromatic rings. The number of rotatable bonds is 6. The van der Waals surface area contributed by atoms with Crippen molar-refractivity contribution >= 4 is 17.2 Å². The molecular weight excluding hydrogens is 328 g/mol. The van der Waals surface area contributed by atoms with Gasteiger partial charge in [-0.3, -0.25) is 4.79 Å². The van der Waals surface area contributed by atoms with Gasteiger partial charge in [-0.25, -0.2) is 4.68 Å². The van der Waals surface area contributed by atoms with Crippen molar-refractivity contribution in [1.29, 1.82) is 0 Å². The summed E-state index contributed by atoms with van der Waals surface area (Å²) < 4.78 is 1.45. The van der Waals surface area contributed by atoms with Gasteiger partial charge in [-0.15, -0.1) is 15.3 Å². The summed E-state index contributed by atoms with van der Waals surface area (Å²) in [6, 6.07) is 9.52. The highest BCUT2D eigenvalue weighted by Gasteiger charge is 2.14. The zero-order chi connectivity index (χ0) is 16.9. The molecule has 0 aliphatic heterocycles. The fraction of sp³-hybridized carbons (Fsp3) is 0.267. The molecule has 1 unspecified atom stereocenters. The molecular formula is C15H16N6O2S. The van der Waals surface area contributed by atoms with Crippen LogP contribution in [0, 0.1) is 0 Å². The van der Waals surface area contributed by atoms with Crippen molar-refractivity contribution in [3.05, 3.63) is 47.2 Å². The molecule has 0 aliphatic rings. The number of nitrogens with one attached hydrogen (secondary N) is 1. The van der Waals surface area contributed by atoms with E-state index in [-0.39, 0.29) is 30.8 Å². The maximum absolute atomic E-state index is 12.1. The Labute approximate surface area is 142 Å². The average molecular weight is 344 g/mol. The molecule has 2 aromatic heterocycles. The van der Waals surface area contributed by atoms with Gasteiger partial charge in [0.15, 0.2) is 5.69 Å². The van der Waals surface area contributed by atoms with Crippen LogP contribution in [0.25, 0.3) is 10.6 Å². The lowest BCUT2D eigenvalue weighted by molar-refractivity contribution is 0.0945. The van der Waals surface area contributed by atoms with E-state index in [1.165, 1.54) is 22.2 Å². The number of carbonyl (C=O) groups is 1. The topological polar surface area (TPSA) is 106 Å². The van der Waals surface area contributed by atoms with E-state index in [0.717, 1.165) is 10.6 Å². The van der Waals surface area contributed by atoms with Crippen LogP contribution in [0.5, 0.6) is 0 Å². The van der Waals surface area contributed by atoms with Crippen molar-refractivity contribution < 1.29 is 9.90 Å². The van der Waals surface area contributed by atoms with Crippen LogP contribution in [0.3, 0.4) is 0 Å². The first-order chi connectivity index (χ1) is 11.7. The molecule has 8 nitrogen and oxygen atoms in total. The normalized spacial score (nSPS) is 12.1. The van der Waals surface area contributed by atoms with Crippen LogP contribution < -0.4 is 5.32 Å². The van der Waals surface area contributed by atoms with E-state index in [4.69, 9.17) is 5.11 Å². The first kappa shape index (κ1) is 16.2. The van der Waals surface area contributed by atoms with Crippen LogP contribution in [0.15, 0.2) is 36.5 Å². The minimum atomic E-state index is -0.345. The summed E-state index contributed by atoms with van der Waals surface area (Å²) in [6.07, 6.45) is 1.51. The van der Waals surface area contributed by atoms with Crippen LogP contribution in [0.2, 0.25) is 0 Å². The number of aromatic nitrogens is 5. The van der Waals surface area contributed by atoms with E-state index < -0.39 is 0 Å². The molecule has 2 N–H and O–H groups in total. The van der Waals surface area contributed by atoms with Crippen molar-refractivity contribution in [1.82, 2.24) is 30.5 Å². The van der Waals surface area contributed by atoms with Gasteiger partial charge < -0.3 is 10.4 Å². The third-order valence-corrected chi connectivity index (χ3v) is 4.32. The number of nitrogens with zero attached hydrogens (tertiary/aromatic N) is 5. The first-order valence-corrected chi connectivity index (χ1v) is 8.17. The minimum Gasteiger partial charge on any atom is -0.394 e. The zero-order valence-electron chi connectivity index (χ0n) is 13.0. The van der Waals surface area contributed by atoms with Crippen molar-refractivity contribution in [2.75, 3.05) is 6.61 Å². The molecule has 0 aliphatic carbocycles. The largest absolute Gasteiger partial charge is 0.394 e. The highest BCUT2D eigenvalue weighted by atomic mass is 32.1. The van der Waals surface area contributed by atoms with Crippen molar-refractivity contribution in [3.63, 3.8) is 0 Å². The Hall–Kier alpha value is -2.65. The molecule has 1 atom stereocenters. The van der Waals surface area contributed by atoms with E-state index in [0.29, 0.717) is 5.01 Å². The lowest BCUT2D eigenvalue weighted by atomic mass is 10.2. The van der Waals surface area contributed by atoms with Gasteiger partial charge in [0.05, 0.1) is 25.4 Å². The molecule has 0 saturated heterocycles. The summed E-state index contributed by atoms with van der Waals surface area (Å²) in [5, 5.41) is 29.2. The van der Waals surface area contributed by atoms with Crippen LogP contribution in [-0.2, 0) is 6.54 Å². The summed E-state index contributed by atoms with van der Waals surface area (Å²) in [5.74, 6) is -0.345. The lowest BCUT2D eigenvalue weighted by Crippen LogP contribution is -2.23. The molecule has 0 saturated carbocycles. The fourth-order valence-corrected chi connectivity index (χ4v) is 2.73. The molecule has 1 aromatic carbocycles. The second-order valence-corrected chi connectivity index (χ2v) is 6.23. The molecule has 1 amide bonds. The van der Waals surface area contributed by atoms with Gasteiger partial charge in [0.1, 0.15) is 10.0 Å². The van der Waals surface area contributed by atoms with Gasteiger partial charge in [-0.1, -0.05) is 46.9 Å². The highest BCUT2D eigenvalue weighted by Crippen LogP contribution is 2.22. The zero-order valence-corrected chi connectivity index (χ0v) is 13.8. The van der Waals surface area contributed by atoms with Crippen LogP contribution in [0.1, 0.15) is 28.5 Å². The molecule has 124 valence electrons. The number of hydrogen-bond acceptors (Lipinski definition) is 7. The SMILES string of the molecule is CC(CO)n1cc(C(=O)NCc2nnc(-c3ccccc3)s2)nn1. The van der Waals surface area contributed by atoms with Crippen LogP contribution in [-0.4, -0.2) is 42.8 Å².